The third kappa shape index (κ3) is 74.9. The van der Waals surface area contributed by atoms with Crippen LogP contribution in [0.3, 0.4) is 0 Å². The van der Waals surface area contributed by atoms with Crippen LogP contribution in [0.15, 0.2) is 0 Å². The summed E-state index contributed by atoms with van der Waals surface area (Å²) in [6.45, 7) is 9.66. The maximum absolute atomic E-state index is 13.1. The molecule has 0 saturated heterocycles. The quantitative estimate of drug-likeness (QED) is 0.0222. The first-order valence-corrected chi connectivity index (χ1v) is 46.0. The van der Waals surface area contributed by atoms with E-state index < -0.39 is 97.5 Å². The lowest BCUT2D eigenvalue weighted by Gasteiger charge is -2.21. The van der Waals surface area contributed by atoms with Crippen LogP contribution in [0.1, 0.15) is 440 Å². The molecule has 0 aromatic rings. The fourth-order valence-electron chi connectivity index (χ4n) is 12.9. The van der Waals surface area contributed by atoms with E-state index in [2.05, 4.69) is 41.5 Å². The van der Waals surface area contributed by atoms with Crippen LogP contribution in [-0.4, -0.2) is 96.7 Å². The van der Waals surface area contributed by atoms with Gasteiger partial charge in [0.1, 0.15) is 19.3 Å². The highest BCUT2D eigenvalue weighted by Crippen LogP contribution is 2.45. The Balaban J connectivity index is 5.20. The van der Waals surface area contributed by atoms with Crippen LogP contribution in [0.2, 0.25) is 0 Å². The Labute approximate surface area is 626 Å². The summed E-state index contributed by atoms with van der Waals surface area (Å²) < 4.78 is 68.7. The van der Waals surface area contributed by atoms with Crippen molar-refractivity contribution in [1.82, 2.24) is 0 Å². The van der Waals surface area contributed by atoms with E-state index >= 15 is 0 Å². The summed E-state index contributed by atoms with van der Waals surface area (Å²) in [5, 5.41) is 10.6. The predicted molar refractivity (Wildman–Crippen MR) is 418 cm³/mol. The molecule has 0 aromatic heterocycles. The van der Waals surface area contributed by atoms with Gasteiger partial charge in [-0.1, -0.05) is 388 Å². The van der Waals surface area contributed by atoms with Crippen molar-refractivity contribution in [3.05, 3.63) is 0 Å². The maximum Gasteiger partial charge on any atom is 0.472 e. The number of unbranched alkanes of at least 4 members (excludes halogenated alkanes) is 51. The highest BCUT2D eigenvalue weighted by molar-refractivity contribution is 7.47. The lowest BCUT2D eigenvalue weighted by atomic mass is 9.99. The second-order valence-electron chi connectivity index (χ2n) is 30.6. The Morgan fingerprint density at radius 1 is 0.284 bits per heavy atom. The lowest BCUT2D eigenvalue weighted by Crippen LogP contribution is -2.30. The molecule has 0 heterocycles. The number of carbonyl (C=O) groups excluding carboxylic acids is 4. The third-order valence-corrected chi connectivity index (χ3v) is 21.7. The number of carbonyl (C=O) groups is 4. The van der Waals surface area contributed by atoms with Crippen molar-refractivity contribution in [1.29, 1.82) is 0 Å². The largest absolute Gasteiger partial charge is 0.472 e. The van der Waals surface area contributed by atoms with Gasteiger partial charge in [-0.2, -0.15) is 0 Å². The Morgan fingerprint density at radius 2 is 0.500 bits per heavy atom. The molecule has 0 aliphatic heterocycles. The minimum Gasteiger partial charge on any atom is -0.462 e. The van der Waals surface area contributed by atoms with Crippen molar-refractivity contribution in [2.45, 2.75) is 458 Å². The van der Waals surface area contributed by atoms with E-state index in [4.69, 9.17) is 37.0 Å². The van der Waals surface area contributed by atoms with E-state index in [9.17, 15) is 43.2 Å². The Kier molecular flexibility index (Phi) is 73.1. The number of phosphoric ester groups is 2. The molecule has 0 aromatic carbocycles. The van der Waals surface area contributed by atoms with Crippen molar-refractivity contribution in [3.8, 4) is 0 Å². The molecule has 0 aliphatic rings. The molecule has 0 saturated carbocycles. The summed E-state index contributed by atoms with van der Waals surface area (Å²) in [4.78, 5) is 73.0. The average Bonchev–Trinajstić information content (AvgIpc) is 0.923. The molecule has 606 valence electrons. The van der Waals surface area contributed by atoms with Gasteiger partial charge in [-0.3, -0.25) is 37.3 Å². The zero-order valence-electron chi connectivity index (χ0n) is 66.9. The molecule has 0 radical (unpaired) electrons. The standard InChI is InChI=1S/C83H162O17P2/c1-7-10-12-14-16-18-20-21-22-23-24-25-26-27-28-31-35-38-42-49-55-61-67-82(87)99-78(71-94-81(86)66-60-54-48-41-37-34-32-29-30-33-36-39-45-51-57-63-75(4)5)73-97-101(89,90)95-69-77(84)70-96-102(91,92)98-74-79(72-93-80(85)65-59-53-47-40-19-17-15-13-11-8-2)100-83(88)68-62-56-50-44-43-46-52-58-64-76(6)9-3/h75-79,84H,7-74H2,1-6H3,(H,89,90)(H,91,92)/t76?,77-,78-,79-/m1/s1. The summed E-state index contributed by atoms with van der Waals surface area (Å²) in [5.41, 5.74) is 0. The van der Waals surface area contributed by atoms with Crippen molar-refractivity contribution in [3.63, 3.8) is 0 Å². The molecule has 0 fully saturated rings. The molecular weight excluding hydrogens is 1330 g/mol. The van der Waals surface area contributed by atoms with Crippen LogP contribution in [0, 0.1) is 11.8 Å². The van der Waals surface area contributed by atoms with Gasteiger partial charge in [-0.05, 0) is 37.5 Å². The third-order valence-electron chi connectivity index (χ3n) is 19.8. The Hall–Kier alpha value is -1.94. The molecule has 0 amide bonds. The number of esters is 4. The zero-order valence-corrected chi connectivity index (χ0v) is 68.7. The summed E-state index contributed by atoms with van der Waals surface area (Å²) in [6, 6.07) is 0. The first-order valence-electron chi connectivity index (χ1n) is 43.0. The number of hydrogen-bond donors (Lipinski definition) is 3. The van der Waals surface area contributed by atoms with Gasteiger partial charge in [0.05, 0.1) is 26.4 Å². The number of aliphatic hydroxyl groups is 1. The fraction of sp³-hybridized carbons (Fsp3) is 0.952. The van der Waals surface area contributed by atoms with E-state index in [1.165, 1.54) is 257 Å². The Bertz CT molecular complexity index is 1960. The minimum atomic E-state index is -4.96. The van der Waals surface area contributed by atoms with Gasteiger partial charge in [0.25, 0.3) is 0 Å². The predicted octanol–water partition coefficient (Wildman–Crippen LogP) is 25.1. The lowest BCUT2D eigenvalue weighted by molar-refractivity contribution is -0.161. The zero-order chi connectivity index (χ0) is 74.9. The molecule has 3 unspecified atom stereocenters. The van der Waals surface area contributed by atoms with Crippen molar-refractivity contribution in [2.24, 2.45) is 11.8 Å². The molecule has 0 bridgehead atoms. The van der Waals surface area contributed by atoms with Gasteiger partial charge in [0.2, 0.25) is 0 Å². The van der Waals surface area contributed by atoms with Gasteiger partial charge < -0.3 is 33.8 Å². The second-order valence-corrected chi connectivity index (χ2v) is 33.5. The van der Waals surface area contributed by atoms with Crippen LogP contribution in [0.5, 0.6) is 0 Å². The van der Waals surface area contributed by atoms with E-state index in [1.807, 2.05) is 0 Å². The van der Waals surface area contributed by atoms with Crippen LogP contribution < -0.4 is 0 Å². The van der Waals surface area contributed by atoms with E-state index in [1.54, 1.807) is 0 Å². The number of aliphatic hydroxyl groups excluding tert-OH is 1. The molecule has 19 heteroatoms. The van der Waals surface area contributed by atoms with Gasteiger partial charge >= 0.3 is 39.5 Å². The minimum absolute atomic E-state index is 0.105. The highest BCUT2D eigenvalue weighted by Gasteiger charge is 2.30. The average molecular weight is 1490 g/mol. The summed E-state index contributed by atoms with van der Waals surface area (Å²) in [7, 11) is -9.92. The smallest absolute Gasteiger partial charge is 0.462 e. The van der Waals surface area contributed by atoms with Crippen LogP contribution in [0.25, 0.3) is 0 Å². The number of rotatable bonds is 82. The normalized spacial score (nSPS) is 14.1. The number of hydrogen-bond acceptors (Lipinski definition) is 15. The molecule has 3 N–H and O–H groups in total. The molecule has 6 atom stereocenters. The Morgan fingerprint density at radius 3 is 0.745 bits per heavy atom. The molecular formula is C83H162O17P2. The van der Waals surface area contributed by atoms with Crippen LogP contribution >= 0.6 is 15.6 Å². The molecule has 0 rings (SSSR count). The van der Waals surface area contributed by atoms with E-state index in [-0.39, 0.29) is 25.7 Å². The summed E-state index contributed by atoms with van der Waals surface area (Å²) in [5.74, 6) is -0.533. The van der Waals surface area contributed by atoms with Crippen molar-refractivity contribution >= 4 is 39.5 Å². The molecule has 0 spiro atoms. The monoisotopic (exact) mass is 1490 g/mol. The van der Waals surface area contributed by atoms with Gasteiger partial charge in [-0.15, -0.1) is 0 Å². The van der Waals surface area contributed by atoms with Crippen molar-refractivity contribution in [2.75, 3.05) is 39.6 Å². The molecule has 0 aliphatic carbocycles. The van der Waals surface area contributed by atoms with E-state index in [0.717, 1.165) is 102 Å². The number of ether oxygens (including phenoxy) is 4. The SMILES string of the molecule is CCCCCCCCCCCCCCCCCCCCCCCCC(=O)O[C@H](COC(=O)CCCCCCCCCCCCCCCCCC(C)C)COP(=O)(O)OC[C@@H](O)COP(=O)(O)OC[C@@H](COC(=O)CCCCCCCCCCCC)OC(=O)CCCCCCCCCCC(C)CC. The van der Waals surface area contributed by atoms with Gasteiger partial charge in [-0.25, -0.2) is 9.13 Å². The topological polar surface area (TPSA) is 237 Å². The van der Waals surface area contributed by atoms with Crippen LogP contribution in [-0.2, 0) is 65.4 Å². The highest BCUT2D eigenvalue weighted by atomic mass is 31.2. The van der Waals surface area contributed by atoms with E-state index in [0.29, 0.717) is 25.7 Å². The van der Waals surface area contributed by atoms with Crippen LogP contribution in [0.4, 0.5) is 0 Å². The first-order chi connectivity index (χ1) is 49.4. The van der Waals surface area contributed by atoms with Gasteiger partial charge in [0, 0.05) is 25.7 Å². The number of phosphoric acid groups is 2. The maximum atomic E-state index is 13.1. The molecule has 102 heavy (non-hydrogen) atoms. The summed E-state index contributed by atoms with van der Waals surface area (Å²) >= 11 is 0. The summed E-state index contributed by atoms with van der Waals surface area (Å²) in [6.07, 6.45) is 65.3. The fourth-order valence-corrected chi connectivity index (χ4v) is 14.4. The molecule has 17 nitrogen and oxygen atoms in total. The van der Waals surface area contributed by atoms with Crippen molar-refractivity contribution < 1.29 is 80.2 Å². The second kappa shape index (κ2) is 74.5. The first kappa shape index (κ1) is 100. The van der Waals surface area contributed by atoms with Gasteiger partial charge in [0.15, 0.2) is 12.2 Å².